The number of nitrogens with zero attached hydrogens (tertiary/aromatic N) is 3. The number of furan rings is 1. The number of hydrogen-bond acceptors (Lipinski definition) is 5. The standard InChI is InChI=1S/C19H18BrN3O2S/c20-17-11-10-15(25-17)18-21-22-19(26-16-9-5-4-8-14(16)24)23(18)12-13-6-2-1-3-7-13/h1-3,6-7,10-11,16H,4-5,8-9,12H2. The van der Waals surface area contributed by atoms with E-state index in [2.05, 4.69) is 38.3 Å². The van der Waals surface area contributed by atoms with Gasteiger partial charge in [-0.1, -0.05) is 48.5 Å². The third-order valence-electron chi connectivity index (χ3n) is 4.44. The molecule has 4 rings (SSSR count). The van der Waals surface area contributed by atoms with Crippen LogP contribution in [0.1, 0.15) is 31.2 Å². The first-order chi connectivity index (χ1) is 12.7. The zero-order chi connectivity index (χ0) is 17.9. The summed E-state index contributed by atoms with van der Waals surface area (Å²) in [7, 11) is 0. The lowest BCUT2D eigenvalue weighted by molar-refractivity contribution is -0.119. The van der Waals surface area contributed by atoms with E-state index in [0.717, 1.165) is 30.0 Å². The number of halogens is 1. The van der Waals surface area contributed by atoms with Gasteiger partial charge >= 0.3 is 0 Å². The minimum atomic E-state index is -0.0290. The maximum absolute atomic E-state index is 12.2. The van der Waals surface area contributed by atoms with Crippen molar-refractivity contribution in [3.63, 3.8) is 0 Å². The summed E-state index contributed by atoms with van der Waals surface area (Å²) in [6.45, 7) is 0.630. The quantitative estimate of drug-likeness (QED) is 0.571. The number of carbonyl (C=O) groups excluding carboxylic acids is 1. The number of rotatable bonds is 5. The van der Waals surface area contributed by atoms with Gasteiger partial charge in [0, 0.05) is 6.42 Å². The Morgan fingerprint density at radius 2 is 2.00 bits per heavy atom. The molecule has 5 nitrogen and oxygen atoms in total. The maximum Gasteiger partial charge on any atom is 0.200 e. The Morgan fingerprint density at radius 3 is 2.73 bits per heavy atom. The van der Waals surface area contributed by atoms with Crippen molar-refractivity contribution < 1.29 is 9.21 Å². The molecule has 0 bridgehead atoms. The van der Waals surface area contributed by atoms with Crippen molar-refractivity contribution in [3.05, 3.63) is 52.7 Å². The van der Waals surface area contributed by atoms with E-state index in [0.29, 0.717) is 35.0 Å². The van der Waals surface area contributed by atoms with Crippen molar-refractivity contribution in [2.75, 3.05) is 0 Å². The number of Topliss-reactive ketones (excluding diaryl/α,β-unsaturated/α-hetero) is 1. The van der Waals surface area contributed by atoms with E-state index in [1.165, 1.54) is 11.8 Å². The molecule has 0 aliphatic heterocycles. The van der Waals surface area contributed by atoms with Gasteiger partial charge in [-0.2, -0.15) is 0 Å². The average molecular weight is 432 g/mol. The number of benzene rings is 1. The highest BCUT2D eigenvalue weighted by molar-refractivity contribution is 9.10. The van der Waals surface area contributed by atoms with Crippen molar-refractivity contribution in [3.8, 4) is 11.6 Å². The van der Waals surface area contributed by atoms with Crippen LogP contribution in [-0.4, -0.2) is 25.8 Å². The van der Waals surface area contributed by atoms with Gasteiger partial charge in [0.15, 0.2) is 15.6 Å². The van der Waals surface area contributed by atoms with Crippen LogP contribution in [0.3, 0.4) is 0 Å². The minimum Gasteiger partial charge on any atom is -0.446 e. The van der Waals surface area contributed by atoms with E-state index in [-0.39, 0.29) is 5.25 Å². The Balaban J connectivity index is 1.68. The third-order valence-corrected chi connectivity index (χ3v) is 6.16. The van der Waals surface area contributed by atoms with Crippen LogP contribution < -0.4 is 0 Å². The van der Waals surface area contributed by atoms with E-state index in [4.69, 9.17) is 4.42 Å². The first kappa shape index (κ1) is 17.5. The molecule has 1 aliphatic rings. The van der Waals surface area contributed by atoms with E-state index >= 15 is 0 Å². The molecule has 1 fully saturated rings. The summed E-state index contributed by atoms with van der Waals surface area (Å²) >= 11 is 4.87. The molecule has 26 heavy (non-hydrogen) atoms. The van der Waals surface area contributed by atoms with Crippen LogP contribution >= 0.6 is 27.7 Å². The molecule has 2 aromatic heterocycles. The molecule has 1 aliphatic carbocycles. The largest absolute Gasteiger partial charge is 0.446 e. The number of ketones is 1. The molecule has 0 spiro atoms. The fourth-order valence-corrected chi connectivity index (χ4v) is 4.57. The molecule has 7 heteroatoms. The van der Waals surface area contributed by atoms with Crippen LogP contribution in [0.5, 0.6) is 0 Å². The second-order valence-corrected chi connectivity index (χ2v) is 8.25. The first-order valence-corrected chi connectivity index (χ1v) is 10.3. The van der Waals surface area contributed by atoms with Gasteiger partial charge < -0.3 is 4.42 Å². The molecule has 1 atom stereocenters. The second-order valence-electron chi connectivity index (χ2n) is 6.30. The van der Waals surface area contributed by atoms with Crippen molar-refractivity contribution in [1.29, 1.82) is 0 Å². The van der Waals surface area contributed by atoms with Crippen molar-refractivity contribution in [2.45, 2.75) is 42.6 Å². The highest BCUT2D eigenvalue weighted by Gasteiger charge is 2.27. The van der Waals surface area contributed by atoms with Crippen LogP contribution in [0.4, 0.5) is 0 Å². The zero-order valence-corrected chi connectivity index (χ0v) is 16.5. The summed E-state index contributed by atoms with van der Waals surface area (Å²) in [6.07, 6.45) is 3.66. The molecule has 134 valence electrons. The Labute approximate surface area is 164 Å². The van der Waals surface area contributed by atoms with Crippen LogP contribution in [0.15, 0.2) is 56.7 Å². The third kappa shape index (κ3) is 3.78. The van der Waals surface area contributed by atoms with Crippen molar-refractivity contribution >= 4 is 33.5 Å². The topological polar surface area (TPSA) is 60.9 Å². The summed E-state index contributed by atoms with van der Waals surface area (Å²) in [6, 6.07) is 13.9. The zero-order valence-electron chi connectivity index (χ0n) is 14.1. The van der Waals surface area contributed by atoms with Gasteiger partial charge in [0.1, 0.15) is 5.78 Å². The number of hydrogen-bond donors (Lipinski definition) is 0. The summed E-state index contributed by atoms with van der Waals surface area (Å²) in [5.41, 5.74) is 1.15. The van der Waals surface area contributed by atoms with Gasteiger partial charge in [-0.15, -0.1) is 10.2 Å². The molecule has 3 aromatic rings. The summed E-state index contributed by atoms with van der Waals surface area (Å²) in [4.78, 5) is 12.2. The van der Waals surface area contributed by atoms with E-state index in [1.54, 1.807) is 0 Å². The van der Waals surface area contributed by atoms with Crippen molar-refractivity contribution in [2.24, 2.45) is 0 Å². The Hall–Kier alpha value is -1.86. The molecule has 1 unspecified atom stereocenters. The lowest BCUT2D eigenvalue weighted by Gasteiger charge is -2.19. The van der Waals surface area contributed by atoms with E-state index in [9.17, 15) is 4.79 Å². The first-order valence-electron chi connectivity index (χ1n) is 8.63. The molecule has 0 N–H and O–H groups in total. The van der Waals surface area contributed by atoms with Crippen LogP contribution in [-0.2, 0) is 11.3 Å². The molecule has 0 saturated heterocycles. The predicted octanol–water partition coefficient (Wildman–Crippen LogP) is 4.95. The van der Waals surface area contributed by atoms with Gasteiger partial charge in [0.25, 0.3) is 0 Å². The minimum absolute atomic E-state index is 0.0290. The van der Waals surface area contributed by atoms with Gasteiger partial charge in [-0.05, 0) is 46.5 Å². The highest BCUT2D eigenvalue weighted by Crippen LogP contribution is 2.33. The summed E-state index contributed by atoms with van der Waals surface area (Å²) in [5, 5.41) is 9.46. The van der Waals surface area contributed by atoms with Crippen LogP contribution in [0, 0.1) is 0 Å². The Bertz CT molecular complexity index is 907. The van der Waals surface area contributed by atoms with Crippen molar-refractivity contribution in [1.82, 2.24) is 14.8 Å². The van der Waals surface area contributed by atoms with Gasteiger partial charge in [0.05, 0.1) is 11.8 Å². The lowest BCUT2D eigenvalue weighted by atomic mass is 9.99. The van der Waals surface area contributed by atoms with Gasteiger partial charge in [-0.25, -0.2) is 0 Å². The smallest absolute Gasteiger partial charge is 0.200 e. The second kappa shape index (κ2) is 7.80. The average Bonchev–Trinajstić information content (AvgIpc) is 3.24. The Kier molecular flexibility index (Phi) is 5.26. The molecular formula is C19H18BrN3O2S. The fourth-order valence-electron chi connectivity index (χ4n) is 3.10. The molecule has 1 aromatic carbocycles. The highest BCUT2D eigenvalue weighted by atomic mass is 79.9. The van der Waals surface area contributed by atoms with Gasteiger partial charge in [-0.3, -0.25) is 9.36 Å². The summed E-state index contributed by atoms with van der Waals surface area (Å²) < 4.78 is 8.38. The maximum atomic E-state index is 12.2. The van der Waals surface area contributed by atoms with E-state index in [1.807, 2.05) is 34.9 Å². The molecule has 2 heterocycles. The molecular weight excluding hydrogens is 414 g/mol. The number of carbonyl (C=O) groups is 1. The molecule has 1 saturated carbocycles. The monoisotopic (exact) mass is 431 g/mol. The molecule has 0 radical (unpaired) electrons. The normalized spacial score (nSPS) is 17.6. The predicted molar refractivity (Wildman–Crippen MR) is 104 cm³/mol. The van der Waals surface area contributed by atoms with Gasteiger partial charge in [0.2, 0.25) is 5.82 Å². The SMILES string of the molecule is O=C1CCCCC1Sc1nnc(-c2ccc(Br)o2)n1Cc1ccccc1. The fraction of sp³-hybridized carbons (Fsp3) is 0.316. The van der Waals surface area contributed by atoms with Crippen LogP contribution in [0.2, 0.25) is 0 Å². The lowest BCUT2D eigenvalue weighted by Crippen LogP contribution is -2.22. The number of thioether (sulfide) groups is 1. The van der Waals surface area contributed by atoms with Crippen LogP contribution in [0.25, 0.3) is 11.6 Å². The number of aromatic nitrogens is 3. The molecule has 0 amide bonds. The summed E-state index contributed by atoms with van der Waals surface area (Å²) in [5.74, 6) is 1.64. The van der Waals surface area contributed by atoms with E-state index < -0.39 is 0 Å². The Morgan fingerprint density at radius 1 is 1.15 bits per heavy atom.